The number of benzene rings is 3. The normalized spacial score (nSPS) is 11.9. The van der Waals surface area contributed by atoms with E-state index in [2.05, 4.69) is 5.32 Å². The molecule has 1 aromatic heterocycles. The van der Waals surface area contributed by atoms with E-state index >= 15 is 0 Å². The van der Waals surface area contributed by atoms with Crippen LogP contribution in [-0.4, -0.2) is 29.6 Å². The number of carbonyl (C=O) groups excluding carboxylic acids is 1. The molecule has 0 atom stereocenters. The first-order valence-corrected chi connectivity index (χ1v) is 11.1. The zero-order valence-corrected chi connectivity index (χ0v) is 18.9. The summed E-state index contributed by atoms with van der Waals surface area (Å²) < 4.78 is 18.1. The van der Waals surface area contributed by atoms with Gasteiger partial charge in [-0.05, 0) is 60.0 Å². The van der Waals surface area contributed by atoms with E-state index < -0.39 is 0 Å². The fraction of sp³-hybridized carbons (Fsp3) is 0.185. The predicted octanol–water partition coefficient (Wildman–Crippen LogP) is 4.53. The van der Waals surface area contributed by atoms with E-state index in [0.717, 1.165) is 39.6 Å². The summed E-state index contributed by atoms with van der Waals surface area (Å²) in [4.78, 5) is 12.6. The number of amides is 1. The Morgan fingerprint density at radius 2 is 1.88 bits per heavy atom. The van der Waals surface area contributed by atoms with Gasteiger partial charge in [0.2, 0.25) is 12.7 Å². The van der Waals surface area contributed by atoms with Crippen molar-refractivity contribution in [3.8, 4) is 34.2 Å². The van der Waals surface area contributed by atoms with Gasteiger partial charge in [0, 0.05) is 24.7 Å². The van der Waals surface area contributed by atoms with Gasteiger partial charge in [0.1, 0.15) is 5.75 Å². The maximum absolute atomic E-state index is 12.6. The van der Waals surface area contributed by atoms with Gasteiger partial charge in [-0.2, -0.15) is 5.10 Å². The number of nitrogens with zero attached hydrogens (tertiary/aromatic N) is 2. The van der Waals surface area contributed by atoms with Crippen molar-refractivity contribution in [3.63, 3.8) is 0 Å². The summed E-state index contributed by atoms with van der Waals surface area (Å²) in [5.41, 5.74) is 4.68. The molecule has 7 nitrogen and oxygen atoms in total. The molecule has 5 rings (SSSR count). The number of hydrogen-bond donors (Lipinski definition) is 1. The van der Waals surface area contributed by atoms with E-state index in [1.54, 1.807) is 7.11 Å². The number of rotatable bonds is 8. The molecule has 2 heterocycles. The molecule has 0 unspecified atom stereocenters. The third kappa shape index (κ3) is 4.73. The van der Waals surface area contributed by atoms with E-state index in [-0.39, 0.29) is 12.7 Å². The first-order chi connectivity index (χ1) is 16.7. The van der Waals surface area contributed by atoms with E-state index in [4.69, 9.17) is 19.3 Å². The molecule has 0 saturated heterocycles. The van der Waals surface area contributed by atoms with E-state index in [1.807, 2.05) is 83.7 Å². The lowest BCUT2D eigenvalue weighted by molar-refractivity contribution is -0.121. The Morgan fingerprint density at radius 1 is 1.03 bits per heavy atom. The highest BCUT2D eigenvalue weighted by Gasteiger charge is 2.18. The second-order valence-electron chi connectivity index (χ2n) is 7.98. The molecule has 34 heavy (non-hydrogen) atoms. The van der Waals surface area contributed by atoms with Crippen molar-refractivity contribution in [2.24, 2.45) is 0 Å². The van der Waals surface area contributed by atoms with Crippen LogP contribution in [0.2, 0.25) is 0 Å². The van der Waals surface area contributed by atoms with Gasteiger partial charge in [-0.15, -0.1) is 0 Å². The highest BCUT2D eigenvalue weighted by Crippen LogP contribution is 2.36. The first-order valence-electron chi connectivity index (χ1n) is 11.1. The summed E-state index contributed by atoms with van der Waals surface area (Å²) in [5, 5.41) is 7.84. The van der Waals surface area contributed by atoms with Crippen molar-refractivity contribution >= 4 is 5.91 Å². The minimum atomic E-state index is -0.0214. The molecule has 0 spiro atoms. The van der Waals surface area contributed by atoms with Crippen LogP contribution in [0.25, 0.3) is 16.9 Å². The van der Waals surface area contributed by atoms with Gasteiger partial charge in [0.25, 0.3) is 0 Å². The molecule has 1 aliphatic heterocycles. The van der Waals surface area contributed by atoms with Crippen molar-refractivity contribution in [2.75, 3.05) is 13.9 Å². The minimum absolute atomic E-state index is 0.0214. The number of methoxy groups -OCH3 is 1. The fourth-order valence-electron chi connectivity index (χ4n) is 3.91. The second-order valence-corrected chi connectivity index (χ2v) is 7.98. The van der Waals surface area contributed by atoms with Crippen LogP contribution in [0.3, 0.4) is 0 Å². The minimum Gasteiger partial charge on any atom is -0.497 e. The molecule has 1 aliphatic rings. The molecule has 0 aliphatic carbocycles. The maximum atomic E-state index is 12.6. The summed E-state index contributed by atoms with van der Waals surface area (Å²) in [6.07, 6.45) is 2.90. The number of nitrogens with one attached hydrogen (secondary N) is 1. The van der Waals surface area contributed by atoms with Gasteiger partial charge >= 0.3 is 0 Å². The number of aryl methyl sites for hydroxylation is 1. The molecule has 172 valence electrons. The van der Waals surface area contributed by atoms with Gasteiger partial charge in [-0.25, -0.2) is 4.68 Å². The quantitative estimate of drug-likeness (QED) is 0.423. The van der Waals surface area contributed by atoms with Crippen molar-refractivity contribution in [3.05, 3.63) is 90.1 Å². The fourth-order valence-corrected chi connectivity index (χ4v) is 3.91. The summed E-state index contributed by atoms with van der Waals surface area (Å²) in [6, 6.07) is 23.4. The number of fused-ring (bicyclic) bond motifs is 1. The van der Waals surface area contributed by atoms with Crippen molar-refractivity contribution in [2.45, 2.75) is 19.4 Å². The van der Waals surface area contributed by atoms with Crippen LogP contribution in [0, 0.1) is 0 Å². The number of carbonyl (C=O) groups is 1. The van der Waals surface area contributed by atoms with Crippen LogP contribution >= 0.6 is 0 Å². The van der Waals surface area contributed by atoms with Gasteiger partial charge in [0.15, 0.2) is 11.5 Å². The highest BCUT2D eigenvalue weighted by molar-refractivity contribution is 5.77. The second kappa shape index (κ2) is 9.70. The van der Waals surface area contributed by atoms with Gasteiger partial charge in [-0.1, -0.05) is 30.3 Å². The average Bonchev–Trinajstić information content (AvgIpc) is 3.53. The Bertz CT molecular complexity index is 1300. The molecular formula is C27H25N3O4. The Labute approximate surface area is 197 Å². The summed E-state index contributed by atoms with van der Waals surface area (Å²) in [5.74, 6) is 2.18. The average molecular weight is 456 g/mol. The summed E-state index contributed by atoms with van der Waals surface area (Å²) in [6.45, 7) is 0.673. The van der Waals surface area contributed by atoms with Crippen LogP contribution in [0.5, 0.6) is 17.2 Å². The SMILES string of the molecule is COc1cccc(CNC(=O)CCc2cn(-c3ccccc3)nc2-c2ccc3c(c2)OCO3)c1. The van der Waals surface area contributed by atoms with E-state index in [1.165, 1.54) is 0 Å². The number of hydrogen-bond acceptors (Lipinski definition) is 5. The molecule has 4 aromatic rings. The smallest absolute Gasteiger partial charge is 0.231 e. The number of ether oxygens (including phenoxy) is 3. The molecule has 1 amide bonds. The standard InChI is InChI=1S/C27H25N3O4/c1-32-23-9-5-6-19(14-23)16-28-26(31)13-11-21-17-30(22-7-3-2-4-8-22)29-27(21)20-10-12-24-25(15-20)34-18-33-24/h2-10,12,14-15,17H,11,13,16,18H2,1H3,(H,28,31). The van der Waals surface area contributed by atoms with Crippen molar-refractivity contribution < 1.29 is 19.0 Å². The molecule has 0 fully saturated rings. The number of para-hydroxylation sites is 1. The third-order valence-electron chi connectivity index (χ3n) is 5.70. The number of aromatic nitrogens is 2. The lowest BCUT2D eigenvalue weighted by atomic mass is 10.0. The highest BCUT2D eigenvalue weighted by atomic mass is 16.7. The van der Waals surface area contributed by atoms with E-state index in [9.17, 15) is 4.79 Å². The molecule has 0 radical (unpaired) electrons. The molecular weight excluding hydrogens is 430 g/mol. The maximum Gasteiger partial charge on any atom is 0.231 e. The van der Waals surface area contributed by atoms with Gasteiger partial charge in [-0.3, -0.25) is 4.79 Å². The van der Waals surface area contributed by atoms with Crippen LogP contribution in [0.4, 0.5) is 0 Å². The topological polar surface area (TPSA) is 74.6 Å². The third-order valence-corrected chi connectivity index (χ3v) is 5.70. The Kier molecular flexibility index (Phi) is 6.16. The first kappa shape index (κ1) is 21.6. The van der Waals surface area contributed by atoms with Crippen LogP contribution in [0.1, 0.15) is 17.5 Å². The van der Waals surface area contributed by atoms with Crippen LogP contribution in [0.15, 0.2) is 79.0 Å². The molecule has 3 aromatic carbocycles. The molecule has 1 N–H and O–H groups in total. The van der Waals surface area contributed by atoms with Crippen molar-refractivity contribution in [1.29, 1.82) is 0 Å². The molecule has 0 bridgehead atoms. The monoisotopic (exact) mass is 455 g/mol. The van der Waals surface area contributed by atoms with Crippen molar-refractivity contribution in [1.82, 2.24) is 15.1 Å². The van der Waals surface area contributed by atoms with E-state index in [0.29, 0.717) is 25.1 Å². The van der Waals surface area contributed by atoms with Crippen LogP contribution in [-0.2, 0) is 17.8 Å². The van der Waals surface area contributed by atoms with Gasteiger partial charge < -0.3 is 19.5 Å². The molecule has 7 heteroatoms. The van der Waals surface area contributed by atoms with Gasteiger partial charge in [0.05, 0.1) is 18.5 Å². The molecule has 0 saturated carbocycles. The largest absolute Gasteiger partial charge is 0.497 e. The Balaban J connectivity index is 1.33. The zero-order valence-electron chi connectivity index (χ0n) is 18.9. The summed E-state index contributed by atoms with van der Waals surface area (Å²) >= 11 is 0. The Morgan fingerprint density at radius 3 is 2.74 bits per heavy atom. The lowest BCUT2D eigenvalue weighted by Gasteiger charge is -2.07. The zero-order chi connectivity index (χ0) is 23.3. The summed E-state index contributed by atoms with van der Waals surface area (Å²) in [7, 11) is 1.63. The van der Waals surface area contributed by atoms with Crippen LogP contribution < -0.4 is 19.5 Å². The predicted molar refractivity (Wildman–Crippen MR) is 128 cm³/mol. The Hall–Kier alpha value is -4.26. The lowest BCUT2D eigenvalue weighted by Crippen LogP contribution is -2.23.